The minimum atomic E-state index is -1.78. The molecule has 1 aromatic carbocycles. The van der Waals surface area contributed by atoms with Crippen LogP contribution >= 0.6 is 0 Å². The molecule has 0 spiro atoms. The number of nitrogens with one attached hydrogen (secondary N) is 1. The van der Waals surface area contributed by atoms with Gasteiger partial charge < -0.3 is 19.9 Å². The Morgan fingerprint density at radius 3 is 2.53 bits per heavy atom. The van der Waals surface area contributed by atoms with Crippen LogP contribution in [0.25, 0.3) is 0 Å². The van der Waals surface area contributed by atoms with Gasteiger partial charge in [0.2, 0.25) is 0 Å². The van der Waals surface area contributed by atoms with Crippen LogP contribution in [-0.4, -0.2) is 36.4 Å². The number of carbonyl (C=O) groups is 2. The van der Waals surface area contributed by atoms with E-state index in [0.29, 0.717) is 0 Å². The fourth-order valence-corrected chi connectivity index (χ4v) is 1.31. The molecule has 1 unspecified atom stereocenters. The molecule has 0 aliphatic carbocycles. The molecule has 0 heterocycles. The topological polar surface area (TPSA) is 84.9 Å². The van der Waals surface area contributed by atoms with Gasteiger partial charge >= 0.3 is 12.1 Å². The lowest BCUT2D eigenvalue weighted by Gasteiger charge is -2.20. The highest BCUT2D eigenvalue weighted by atomic mass is 16.6. The normalized spacial score (nSPS) is 13.2. The van der Waals surface area contributed by atoms with Gasteiger partial charge in [-0.15, -0.1) is 0 Å². The number of hydrogen-bond acceptors (Lipinski definition) is 5. The molecule has 0 radical (unpaired) electrons. The van der Waals surface area contributed by atoms with Gasteiger partial charge in [0.15, 0.2) is 5.60 Å². The maximum atomic E-state index is 11.4. The molecule has 0 aromatic heterocycles. The van der Waals surface area contributed by atoms with Crippen molar-refractivity contribution in [1.29, 1.82) is 0 Å². The number of benzene rings is 1. The molecule has 2 N–H and O–H groups in total. The van der Waals surface area contributed by atoms with Crippen LogP contribution in [0.4, 0.5) is 4.79 Å². The Morgan fingerprint density at radius 2 is 1.95 bits per heavy atom. The van der Waals surface area contributed by atoms with Gasteiger partial charge in [0, 0.05) is 0 Å². The van der Waals surface area contributed by atoms with E-state index in [0.717, 1.165) is 12.7 Å². The number of esters is 1. The van der Waals surface area contributed by atoms with Crippen LogP contribution in [-0.2, 0) is 20.9 Å². The summed E-state index contributed by atoms with van der Waals surface area (Å²) in [6.45, 7) is 1.08. The van der Waals surface area contributed by atoms with E-state index in [-0.39, 0.29) is 13.2 Å². The lowest BCUT2D eigenvalue weighted by molar-refractivity contribution is -0.159. The van der Waals surface area contributed by atoms with E-state index in [4.69, 9.17) is 4.74 Å². The highest BCUT2D eigenvalue weighted by Crippen LogP contribution is 2.04. The van der Waals surface area contributed by atoms with E-state index in [1.54, 1.807) is 0 Å². The van der Waals surface area contributed by atoms with Crippen molar-refractivity contribution >= 4 is 12.1 Å². The Labute approximate surface area is 111 Å². The molecule has 104 valence electrons. The summed E-state index contributed by atoms with van der Waals surface area (Å²) in [5, 5.41) is 12.0. The average Bonchev–Trinajstić information content (AvgIpc) is 2.43. The number of alkyl carbamates (subject to hydrolysis) is 1. The van der Waals surface area contributed by atoms with E-state index in [9.17, 15) is 14.7 Å². The van der Waals surface area contributed by atoms with Gasteiger partial charge in [0.05, 0.1) is 13.7 Å². The standard InChI is InChI=1S/C13H17NO5/c1-13(17,11(15)18-2)9-14-12(16)19-8-10-6-4-3-5-7-10/h3-7,17H,8-9H2,1-2H3,(H,14,16). The van der Waals surface area contributed by atoms with Gasteiger partial charge in [-0.3, -0.25) is 0 Å². The third-order valence-corrected chi connectivity index (χ3v) is 2.41. The van der Waals surface area contributed by atoms with Crippen LogP contribution in [0.15, 0.2) is 30.3 Å². The third kappa shape index (κ3) is 4.97. The van der Waals surface area contributed by atoms with Crippen molar-refractivity contribution in [3.8, 4) is 0 Å². The molecule has 0 saturated heterocycles. The number of methoxy groups -OCH3 is 1. The first-order valence-electron chi connectivity index (χ1n) is 5.71. The predicted molar refractivity (Wildman–Crippen MR) is 67.3 cm³/mol. The number of aliphatic hydroxyl groups is 1. The molecular weight excluding hydrogens is 250 g/mol. The molecule has 1 amide bonds. The number of ether oxygens (including phenoxy) is 2. The van der Waals surface area contributed by atoms with Crippen molar-refractivity contribution in [3.05, 3.63) is 35.9 Å². The van der Waals surface area contributed by atoms with Crippen LogP contribution in [0.3, 0.4) is 0 Å². The first kappa shape index (κ1) is 15.0. The zero-order valence-corrected chi connectivity index (χ0v) is 10.9. The molecule has 1 rings (SSSR count). The zero-order valence-electron chi connectivity index (χ0n) is 10.9. The minimum absolute atomic E-state index is 0.118. The van der Waals surface area contributed by atoms with Gasteiger partial charge in [-0.25, -0.2) is 9.59 Å². The van der Waals surface area contributed by atoms with Crippen LogP contribution in [0.2, 0.25) is 0 Å². The van der Waals surface area contributed by atoms with E-state index in [1.165, 1.54) is 6.92 Å². The van der Waals surface area contributed by atoms with Crippen molar-refractivity contribution in [2.24, 2.45) is 0 Å². The summed E-state index contributed by atoms with van der Waals surface area (Å²) in [6.07, 6.45) is -0.715. The lowest BCUT2D eigenvalue weighted by Crippen LogP contribution is -2.47. The molecule has 0 saturated carbocycles. The molecule has 0 bridgehead atoms. The van der Waals surface area contributed by atoms with Gasteiger partial charge in [0.1, 0.15) is 6.61 Å². The highest BCUT2D eigenvalue weighted by Gasteiger charge is 2.31. The lowest BCUT2D eigenvalue weighted by atomic mass is 10.1. The predicted octanol–water partition coefficient (Wildman–Crippen LogP) is 0.837. The van der Waals surface area contributed by atoms with E-state index < -0.39 is 17.7 Å². The first-order chi connectivity index (χ1) is 8.95. The molecule has 0 aliphatic rings. The Bertz CT molecular complexity index is 430. The molecule has 0 aliphatic heterocycles. The van der Waals surface area contributed by atoms with Crippen LogP contribution in [0, 0.1) is 0 Å². The average molecular weight is 267 g/mol. The molecule has 0 fully saturated rings. The first-order valence-corrected chi connectivity index (χ1v) is 5.71. The summed E-state index contributed by atoms with van der Waals surface area (Å²) < 4.78 is 9.32. The Kier molecular flexibility index (Phi) is 5.32. The van der Waals surface area contributed by atoms with E-state index in [2.05, 4.69) is 10.1 Å². The summed E-state index contributed by atoms with van der Waals surface area (Å²) in [5.41, 5.74) is -0.932. The van der Waals surface area contributed by atoms with Gasteiger partial charge in [-0.2, -0.15) is 0 Å². The maximum absolute atomic E-state index is 11.4. The van der Waals surface area contributed by atoms with Crippen molar-refractivity contribution in [2.45, 2.75) is 19.1 Å². The van der Waals surface area contributed by atoms with Crippen LogP contribution < -0.4 is 5.32 Å². The largest absolute Gasteiger partial charge is 0.467 e. The Hall–Kier alpha value is -2.08. The smallest absolute Gasteiger partial charge is 0.407 e. The maximum Gasteiger partial charge on any atom is 0.407 e. The van der Waals surface area contributed by atoms with Crippen molar-refractivity contribution in [1.82, 2.24) is 5.32 Å². The van der Waals surface area contributed by atoms with Crippen molar-refractivity contribution < 1.29 is 24.2 Å². The second-order valence-electron chi connectivity index (χ2n) is 4.18. The summed E-state index contributed by atoms with van der Waals surface area (Å²) >= 11 is 0. The molecule has 1 atom stereocenters. The highest BCUT2D eigenvalue weighted by molar-refractivity contribution is 5.79. The molecule has 19 heavy (non-hydrogen) atoms. The van der Waals surface area contributed by atoms with Gasteiger partial charge in [-0.05, 0) is 12.5 Å². The molecule has 1 aromatic rings. The quantitative estimate of drug-likeness (QED) is 0.772. The fourth-order valence-electron chi connectivity index (χ4n) is 1.31. The van der Waals surface area contributed by atoms with E-state index in [1.807, 2.05) is 30.3 Å². The number of amides is 1. The van der Waals surface area contributed by atoms with Gasteiger partial charge in [-0.1, -0.05) is 30.3 Å². The summed E-state index contributed by atoms with van der Waals surface area (Å²) in [4.78, 5) is 22.5. The van der Waals surface area contributed by atoms with Gasteiger partial charge in [0.25, 0.3) is 0 Å². The van der Waals surface area contributed by atoms with Crippen molar-refractivity contribution in [3.63, 3.8) is 0 Å². The monoisotopic (exact) mass is 267 g/mol. The second kappa shape index (κ2) is 6.75. The summed E-state index contributed by atoms with van der Waals surface area (Å²) in [7, 11) is 1.16. The van der Waals surface area contributed by atoms with Crippen LogP contribution in [0.1, 0.15) is 12.5 Å². The summed E-state index contributed by atoms with van der Waals surface area (Å²) in [5.74, 6) is -0.823. The molecule has 6 nitrogen and oxygen atoms in total. The number of carbonyl (C=O) groups excluding carboxylic acids is 2. The van der Waals surface area contributed by atoms with Crippen molar-refractivity contribution in [2.75, 3.05) is 13.7 Å². The fraction of sp³-hybridized carbons (Fsp3) is 0.385. The number of rotatable bonds is 5. The Morgan fingerprint density at radius 1 is 1.32 bits per heavy atom. The zero-order chi connectivity index (χ0) is 14.3. The third-order valence-electron chi connectivity index (χ3n) is 2.41. The minimum Gasteiger partial charge on any atom is -0.467 e. The summed E-state index contributed by atoms with van der Waals surface area (Å²) in [6, 6.07) is 9.16. The Balaban J connectivity index is 2.34. The van der Waals surface area contributed by atoms with E-state index >= 15 is 0 Å². The SMILES string of the molecule is COC(=O)C(C)(O)CNC(=O)OCc1ccccc1. The number of hydrogen-bond donors (Lipinski definition) is 2. The second-order valence-corrected chi connectivity index (χ2v) is 4.18. The molecular formula is C13H17NO5. The molecule has 6 heteroatoms. The van der Waals surface area contributed by atoms with Crippen LogP contribution in [0.5, 0.6) is 0 Å².